The van der Waals surface area contributed by atoms with Crippen molar-refractivity contribution >= 4 is 29.9 Å². The van der Waals surface area contributed by atoms with Gasteiger partial charge in [0.2, 0.25) is 5.91 Å². The number of piperazine rings is 1. The number of carbonyl (C=O) groups excluding carboxylic acids is 2. The molecule has 0 bridgehead atoms. The topological polar surface area (TPSA) is 61.4 Å². The largest absolute Gasteiger partial charge is 0.329 e. The van der Waals surface area contributed by atoms with Crippen LogP contribution in [-0.4, -0.2) is 36.3 Å². The predicted octanol–water partition coefficient (Wildman–Crippen LogP) is 2.92. The molecule has 2 aromatic carbocycles. The highest BCUT2D eigenvalue weighted by atomic mass is 35.5. The van der Waals surface area contributed by atoms with E-state index in [2.05, 4.69) is 10.6 Å². The van der Waals surface area contributed by atoms with Crippen LogP contribution in [0.1, 0.15) is 33.9 Å². The highest BCUT2D eigenvalue weighted by Gasteiger charge is 2.29. The minimum atomic E-state index is -0.301. The molecule has 0 saturated carbocycles. The second-order valence-corrected chi connectivity index (χ2v) is 6.69. The second-order valence-electron chi connectivity index (χ2n) is 6.69. The molecule has 2 aliphatic rings. The number of hydrogen-bond acceptors (Lipinski definition) is 3. The monoisotopic (exact) mass is 389 g/mol. The molecule has 4 rings (SSSR count). The van der Waals surface area contributed by atoms with Gasteiger partial charge in [-0.2, -0.15) is 0 Å². The van der Waals surface area contributed by atoms with Crippen molar-refractivity contribution < 1.29 is 14.0 Å². The first-order chi connectivity index (χ1) is 12.6. The minimum Gasteiger partial charge on any atom is -0.329 e. The molecular formula is C20H21ClFN3O2. The van der Waals surface area contributed by atoms with Crippen LogP contribution in [0.5, 0.6) is 0 Å². The lowest BCUT2D eigenvalue weighted by Gasteiger charge is -2.37. The molecule has 1 saturated heterocycles. The normalized spacial score (nSPS) is 18.9. The van der Waals surface area contributed by atoms with Crippen molar-refractivity contribution in [2.24, 2.45) is 0 Å². The van der Waals surface area contributed by atoms with Crippen LogP contribution in [0.3, 0.4) is 0 Å². The molecular weight excluding hydrogens is 369 g/mol. The van der Waals surface area contributed by atoms with Crippen molar-refractivity contribution in [2.45, 2.75) is 18.9 Å². The van der Waals surface area contributed by atoms with E-state index in [1.54, 1.807) is 23.1 Å². The Morgan fingerprint density at radius 3 is 2.81 bits per heavy atom. The van der Waals surface area contributed by atoms with E-state index < -0.39 is 0 Å². The van der Waals surface area contributed by atoms with Crippen molar-refractivity contribution in [2.75, 3.05) is 25.0 Å². The number of halogens is 2. The van der Waals surface area contributed by atoms with E-state index in [1.807, 2.05) is 12.1 Å². The van der Waals surface area contributed by atoms with Gasteiger partial charge in [0, 0.05) is 37.3 Å². The number of nitrogens with zero attached hydrogens (tertiary/aromatic N) is 1. The molecule has 1 fully saturated rings. The molecule has 27 heavy (non-hydrogen) atoms. The lowest BCUT2D eigenvalue weighted by atomic mass is 9.98. The molecule has 1 atom stereocenters. The van der Waals surface area contributed by atoms with Gasteiger partial charge in [-0.1, -0.05) is 12.1 Å². The summed E-state index contributed by atoms with van der Waals surface area (Å²) in [5.41, 5.74) is 3.15. The second kappa shape index (κ2) is 8.06. The maximum Gasteiger partial charge on any atom is 0.254 e. The summed E-state index contributed by atoms with van der Waals surface area (Å²) >= 11 is 0. The molecule has 2 aromatic rings. The summed E-state index contributed by atoms with van der Waals surface area (Å²) in [7, 11) is 0. The molecule has 0 spiro atoms. The summed E-state index contributed by atoms with van der Waals surface area (Å²) < 4.78 is 13.6. The Hall–Kier alpha value is -2.44. The van der Waals surface area contributed by atoms with Gasteiger partial charge in [-0.25, -0.2) is 4.39 Å². The third kappa shape index (κ3) is 3.96. The maximum absolute atomic E-state index is 13.6. The lowest BCUT2D eigenvalue weighted by Crippen LogP contribution is -2.48. The van der Waals surface area contributed by atoms with E-state index >= 15 is 0 Å². The fourth-order valence-corrected chi connectivity index (χ4v) is 3.64. The fraction of sp³-hybridized carbons (Fsp3) is 0.300. The third-order valence-electron chi connectivity index (χ3n) is 4.99. The summed E-state index contributed by atoms with van der Waals surface area (Å²) in [6, 6.07) is 11.6. The predicted molar refractivity (Wildman–Crippen MR) is 104 cm³/mol. The average Bonchev–Trinajstić information content (AvgIpc) is 2.67. The summed E-state index contributed by atoms with van der Waals surface area (Å²) in [5.74, 6) is -0.365. The van der Waals surface area contributed by atoms with Crippen LogP contribution in [0.15, 0.2) is 42.5 Å². The summed E-state index contributed by atoms with van der Waals surface area (Å²) in [4.78, 5) is 26.4. The molecule has 0 radical (unpaired) electrons. The third-order valence-corrected chi connectivity index (χ3v) is 4.99. The fourth-order valence-electron chi connectivity index (χ4n) is 3.64. The number of hydrogen-bond donors (Lipinski definition) is 2. The molecule has 1 unspecified atom stereocenters. The van der Waals surface area contributed by atoms with Crippen LogP contribution in [0.4, 0.5) is 10.1 Å². The average molecular weight is 390 g/mol. The van der Waals surface area contributed by atoms with E-state index in [0.29, 0.717) is 38.0 Å². The van der Waals surface area contributed by atoms with Crippen LogP contribution >= 0.6 is 12.4 Å². The number of benzene rings is 2. The highest BCUT2D eigenvalue weighted by molar-refractivity contribution is 5.98. The Morgan fingerprint density at radius 1 is 1.15 bits per heavy atom. The molecule has 2 heterocycles. The van der Waals surface area contributed by atoms with Crippen molar-refractivity contribution in [1.82, 2.24) is 10.2 Å². The summed E-state index contributed by atoms with van der Waals surface area (Å²) in [6.45, 7) is 1.86. The first-order valence-electron chi connectivity index (χ1n) is 8.82. The van der Waals surface area contributed by atoms with Crippen LogP contribution in [0.25, 0.3) is 0 Å². The van der Waals surface area contributed by atoms with Crippen molar-refractivity contribution in [3.8, 4) is 0 Å². The van der Waals surface area contributed by atoms with Gasteiger partial charge < -0.3 is 15.5 Å². The van der Waals surface area contributed by atoms with Gasteiger partial charge in [0.1, 0.15) is 5.82 Å². The van der Waals surface area contributed by atoms with Crippen molar-refractivity contribution in [3.05, 3.63) is 65.0 Å². The van der Waals surface area contributed by atoms with Gasteiger partial charge in [0.25, 0.3) is 5.91 Å². The Bertz CT molecular complexity index is 874. The molecule has 5 nitrogen and oxygen atoms in total. The number of anilines is 1. The van der Waals surface area contributed by atoms with Gasteiger partial charge in [0.05, 0.1) is 6.04 Å². The van der Waals surface area contributed by atoms with Crippen molar-refractivity contribution in [3.63, 3.8) is 0 Å². The smallest absolute Gasteiger partial charge is 0.254 e. The lowest BCUT2D eigenvalue weighted by molar-refractivity contribution is -0.116. The standard InChI is InChI=1S/C20H20FN3O2.ClH/c21-16-3-1-2-14(11-16)18-12-22-8-9-24(18)20(26)15-4-6-17-13(10-15)5-7-19(25)23-17;/h1-4,6,10-11,18,22H,5,7-9,12H2,(H,23,25);1H. The zero-order chi connectivity index (χ0) is 18.1. The van der Waals surface area contributed by atoms with Crippen LogP contribution in [0.2, 0.25) is 0 Å². The van der Waals surface area contributed by atoms with E-state index in [-0.39, 0.29) is 36.1 Å². The number of aryl methyl sites for hydroxylation is 1. The van der Waals surface area contributed by atoms with Gasteiger partial charge in [-0.3, -0.25) is 9.59 Å². The number of fused-ring (bicyclic) bond motifs is 1. The van der Waals surface area contributed by atoms with Crippen LogP contribution in [-0.2, 0) is 11.2 Å². The van der Waals surface area contributed by atoms with E-state index in [1.165, 1.54) is 12.1 Å². The first kappa shape index (κ1) is 19.3. The zero-order valence-electron chi connectivity index (χ0n) is 14.7. The number of rotatable bonds is 2. The van der Waals surface area contributed by atoms with Gasteiger partial charge in [-0.15, -0.1) is 12.4 Å². The maximum atomic E-state index is 13.6. The quantitative estimate of drug-likeness (QED) is 0.830. The Balaban J connectivity index is 0.00000210. The molecule has 7 heteroatoms. The van der Waals surface area contributed by atoms with E-state index in [9.17, 15) is 14.0 Å². The Kier molecular flexibility index (Phi) is 5.77. The van der Waals surface area contributed by atoms with E-state index in [4.69, 9.17) is 0 Å². The summed E-state index contributed by atoms with van der Waals surface area (Å²) in [6.07, 6.45) is 1.07. The molecule has 142 valence electrons. The molecule has 0 aliphatic carbocycles. The van der Waals surface area contributed by atoms with Crippen LogP contribution < -0.4 is 10.6 Å². The van der Waals surface area contributed by atoms with E-state index in [0.717, 1.165) is 16.8 Å². The van der Waals surface area contributed by atoms with Gasteiger partial charge in [-0.05, 0) is 47.9 Å². The van der Waals surface area contributed by atoms with Gasteiger partial charge in [0.15, 0.2) is 0 Å². The molecule has 2 aliphatic heterocycles. The number of nitrogens with one attached hydrogen (secondary N) is 2. The van der Waals surface area contributed by atoms with Crippen LogP contribution in [0, 0.1) is 5.82 Å². The van der Waals surface area contributed by atoms with Gasteiger partial charge >= 0.3 is 0 Å². The first-order valence-corrected chi connectivity index (χ1v) is 8.82. The molecule has 0 aromatic heterocycles. The Morgan fingerprint density at radius 2 is 2.00 bits per heavy atom. The minimum absolute atomic E-state index is 0. The SMILES string of the molecule is Cl.O=C1CCc2cc(C(=O)N3CCNCC3c3cccc(F)c3)ccc2N1. The van der Waals surface area contributed by atoms with Crippen molar-refractivity contribution in [1.29, 1.82) is 0 Å². The molecule has 2 N–H and O–H groups in total. The summed E-state index contributed by atoms with van der Waals surface area (Å²) in [5, 5.41) is 6.11. The zero-order valence-corrected chi connectivity index (χ0v) is 15.5. The number of carbonyl (C=O) groups is 2. The highest BCUT2D eigenvalue weighted by Crippen LogP contribution is 2.28. The number of amides is 2. The molecule has 2 amide bonds. The Labute approximate surface area is 163 Å².